The smallest absolute Gasteiger partial charge is 0.263 e. The summed E-state index contributed by atoms with van der Waals surface area (Å²) in [5.74, 6) is 0. The van der Waals surface area contributed by atoms with Gasteiger partial charge < -0.3 is 0 Å². The quantitative estimate of drug-likeness (QED) is 0.640. The van der Waals surface area contributed by atoms with E-state index in [0.717, 1.165) is 0 Å². The number of rotatable bonds is 4. The summed E-state index contributed by atoms with van der Waals surface area (Å²) in [5.41, 5.74) is 0.333. The zero-order valence-corrected chi connectivity index (χ0v) is 12.2. The van der Waals surface area contributed by atoms with Crippen LogP contribution in [-0.4, -0.2) is 14.1 Å². The highest BCUT2D eigenvalue weighted by atomic mass is 35.5. The summed E-state index contributed by atoms with van der Waals surface area (Å²) in [7, 11) is -4.09. The number of oxime groups is 1. The summed E-state index contributed by atoms with van der Waals surface area (Å²) in [5, 5.41) is 12.8. The first-order chi connectivity index (χ1) is 10.0. The van der Waals surface area contributed by atoms with Gasteiger partial charge in [0.1, 0.15) is 11.0 Å². The van der Waals surface area contributed by atoms with E-state index in [4.69, 9.17) is 16.9 Å². The summed E-state index contributed by atoms with van der Waals surface area (Å²) in [6.45, 7) is 0. The van der Waals surface area contributed by atoms with Gasteiger partial charge in [-0.3, -0.25) is 4.28 Å². The van der Waals surface area contributed by atoms with Crippen molar-refractivity contribution in [3.05, 3.63) is 65.2 Å². The highest BCUT2D eigenvalue weighted by Crippen LogP contribution is 2.16. The Labute approximate surface area is 127 Å². The average Bonchev–Trinajstić information content (AvgIpc) is 2.49. The molecule has 0 amide bonds. The molecule has 0 aliphatic carbocycles. The van der Waals surface area contributed by atoms with Crippen LogP contribution in [0, 0.1) is 11.3 Å². The van der Waals surface area contributed by atoms with Crippen molar-refractivity contribution in [1.82, 2.24) is 0 Å². The first-order valence-electron chi connectivity index (χ1n) is 5.75. The lowest BCUT2D eigenvalue weighted by Crippen LogP contribution is -2.05. The van der Waals surface area contributed by atoms with Gasteiger partial charge in [0.15, 0.2) is 5.71 Å². The van der Waals surface area contributed by atoms with E-state index < -0.39 is 10.1 Å². The molecule has 21 heavy (non-hydrogen) atoms. The fraction of sp³-hybridized carbons (Fsp3) is 0. The van der Waals surface area contributed by atoms with Crippen LogP contribution in [-0.2, 0) is 14.4 Å². The molecule has 0 saturated heterocycles. The van der Waals surface area contributed by atoms with Crippen molar-refractivity contribution in [2.24, 2.45) is 5.16 Å². The van der Waals surface area contributed by atoms with Crippen LogP contribution < -0.4 is 0 Å². The third-order valence-electron chi connectivity index (χ3n) is 2.48. The van der Waals surface area contributed by atoms with E-state index >= 15 is 0 Å². The van der Waals surface area contributed by atoms with Crippen molar-refractivity contribution in [2.75, 3.05) is 0 Å². The Morgan fingerprint density at radius 2 is 1.71 bits per heavy atom. The third kappa shape index (κ3) is 3.81. The molecule has 0 aliphatic heterocycles. The van der Waals surface area contributed by atoms with Gasteiger partial charge in [-0.1, -0.05) is 47.1 Å². The van der Waals surface area contributed by atoms with Gasteiger partial charge in [-0.05, 0) is 24.3 Å². The number of hydrogen-bond donors (Lipinski definition) is 0. The van der Waals surface area contributed by atoms with Gasteiger partial charge >= 0.3 is 10.1 Å². The SMILES string of the molecule is N#CC(=NOS(=O)(=O)c1ccc(Cl)cc1)c1ccccc1. The Morgan fingerprint density at radius 1 is 1.10 bits per heavy atom. The lowest BCUT2D eigenvalue weighted by Gasteiger charge is -2.02. The molecule has 0 bridgehead atoms. The zero-order chi connectivity index (χ0) is 15.3. The Balaban J connectivity index is 2.26. The lowest BCUT2D eigenvalue weighted by atomic mass is 10.1. The molecule has 0 unspecified atom stereocenters. The fourth-order valence-electron chi connectivity index (χ4n) is 1.46. The van der Waals surface area contributed by atoms with E-state index in [2.05, 4.69) is 9.44 Å². The van der Waals surface area contributed by atoms with Crippen molar-refractivity contribution in [3.8, 4) is 6.07 Å². The summed E-state index contributed by atoms with van der Waals surface area (Å²) >= 11 is 5.69. The van der Waals surface area contributed by atoms with Crippen molar-refractivity contribution in [1.29, 1.82) is 5.26 Å². The normalized spacial score (nSPS) is 11.7. The molecule has 0 aliphatic rings. The number of hydrogen-bond acceptors (Lipinski definition) is 5. The minimum Gasteiger partial charge on any atom is -0.263 e. The van der Waals surface area contributed by atoms with Gasteiger partial charge in [0.2, 0.25) is 0 Å². The van der Waals surface area contributed by atoms with E-state index in [1.165, 1.54) is 24.3 Å². The number of nitrogens with zero attached hydrogens (tertiary/aromatic N) is 2. The maximum Gasteiger partial charge on any atom is 0.358 e. The first kappa shape index (κ1) is 15.0. The van der Waals surface area contributed by atoms with Gasteiger partial charge in [-0.25, -0.2) is 0 Å². The van der Waals surface area contributed by atoms with Crippen LogP contribution in [0.1, 0.15) is 5.56 Å². The van der Waals surface area contributed by atoms with Crippen LogP contribution in [0.3, 0.4) is 0 Å². The molecule has 0 atom stereocenters. The second-order valence-corrected chi connectivity index (χ2v) is 5.87. The average molecular weight is 321 g/mol. The summed E-state index contributed by atoms with van der Waals surface area (Å²) in [6, 6.07) is 15.6. The molecule has 0 spiro atoms. The van der Waals surface area contributed by atoms with Crippen LogP contribution in [0.5, 0.6) is 0 Å². The van der Waals surface area contributed by atoms with Crippen LogP contribution in [0.15, 0.2) is 64.6 Å². The van der Waals surface area contributed by atoms with Crippen molar-refractivity contribution < 1.29 is 12.7 Å². The summed E-state index contributed by atoms with van der Waals surface area (Å²) < 4.78 is 28.4. The van der Waals surface area contributed by atoms with Gasteiger partial charge in [0, 0.05) is 10.6 Å². The Kier molecular flexibility index (Phi) is 4.58. The van der Waals surface area contributed by atoms with E-state index in [9.17, 15) is 8.42 Å². The summed E-state index contributed by atoms with van der Waals surface area (Å²) in [4.78, 5) is -0.0963. The predicted octanol–water partition coefficient (Wildman–Crippen LogP) is 2.97. The molecule has 2 aromatic carbocycles. The lowest BCUT2D eigenvalue weighted by molar-refractivity contribution is 0.339. The minimum atomic E-state index is -4.09. The Bertz CT molecular complexity index is 794. The molecule has 0 heterocycles. The standard InChI is InChI=1S/C14H9ClN2O3S/c15-12-6-8-13(9-7-12)21(18,19)20-17-14(10-16)11-4-2-1-3-5-11/h1-9H. The van der Waals surface area contributed by atoms with Crippen LogP contribution in [0.4, 0.5) is 0 Å². The Hall–Kier alpha value is -2.36. The third-order valence-corrected chi connectivity index (χ3v) is 3.85. The highest BCUT2D eigenvalue weighted by Gasteiger charge is 2.16. The van der Waals surface area contributed by atoms with Crippen LogP contribution in [0.2, 0.25) is 5.02 Å². The highest BCUT2D eigenvalue weighted by molar-refractivity contribution is 7.86. The van der Waals surface area contributed by atoms with Gasteiger partial charge in [0.25, 0.3) is 0 Å². The molecule has 2 rings (SSSR count). The van der Waals surface area contributed by atoms with Gasteiger partial charge in [-0.15, -0.1) is 0 Å². The molecule has 0 N–H and O–H groups in total. The molecule has 0 fully saturated rings. The van der Waals surface area contributed by atoms with E-state index in [1.54, 1.807) is 36.4 Å². The molecular formula is C14H9ClN2O3S. The number of benzene rings is 2. The van der Waals surface area contributed by atoms with Crippen molar-refractivity contribution in [3.63, 3.8) is 0 Å². The van der Waals surface area contributed by atoms with Gasteiger partial charge in [0.05, 0.1) is 0 Å². The number of nitriles is 1. The molecule has 0 radical (unpaired) electrons. The maximum atomic E-state index is 11.9. The second-order valence-electron chi connectivity index (χ2n) is 3.90. The minimum absolute atomic E-state index is 0.0963. The molecule has 2 aromatic rings. The molecule has 0 saturated carbocycles. The fourth-order valence-corrected chi connectivity index (χ4v) is 2.32. The van der Waals surface area contributed by atoms with Crippen molar-refractivity contribution in [2.45, 2.75) is 4.90 Å². The second kappa shape index (κ2) is 6.39. The van der Waals surface area contributed by atoms with Crippen molar-refractivity contribution >= 4 is 27.4 Å². The Morgan fingerprint density at radius 3 is 2.29 bits per heavy atom. The van der Waals surface area contributed by atoms with Crippen LogP contribution >= 0.6 is 11.6 Å². The summed E-state index contributed by atoms with van der Waals surface area (Å²) in [6.07, 6.45) is 0. The molecule has 7 heteroatoms. The largest absolute Gasteiger partial charge is 0.358 e. The molecular weight excluding hydrogens is 312 g/mol. The van der Waals surface area contributed by atoms with Gasteiger partial charge in [-0.2, -0.15) is 13.7 Å². The van der Waals surface area contributed by atoms with E-state index in [-0.39, 0.29) is 10.6 Å². The molecule has 0 aromatic heterocycles. The topological polar surface area (TPSA) is 79.5 Å². The zero-order valence-electron chi connectivity index (χ0n) is 10.6. The van der Waals surface area contributed by atoms with E-state index in [1.807, 2.05) is 0 Å². The molecule has 106 valence electrons. The monoisotopic (exact) mass is 320 g/mol. The first-order valence-corrected chi connectivity index (χ1v) is 7.54. The number of halogens is 1. The van der Waals surface area contributed by atoms with Crippen LogP contribution in [0.25, 0.3) is 0 Å². The predicted molar refractivity (Wildman–Crippen MR) is 78.3 cm³/mol. The molecule has 5 nitrogen and oxygen atoms in total. The maximum absolute atomic E-state index is 11.9. The van der Waals surface area contributed by atoms with E-state index in [0.29, 0.717) is 10.6 Å².